The molecule has 4 heteroatoms. The van der Waals surface area contributed by atoms with Crippen LogP contribution in [0.2, 0.25) is 5.22 Å². The molecule has 0 saturated heterocycles. The Morgan fingerprint density at radius 3 is 2.62 bits per heavy atom. The highest BCUT2D eigenvalue weighted by Crippen LogP contribution is 2.12. The number of hydrogen-bond acceptors (Lipinski definition) is 3. The van der Waals surface area contributed by atoms with Crippen molar-refractivity contribution in [3.05, 3.63) is 23.1 Å². The first-order valence-corrected chi connectivity index (χ1v) is 6.22. The molecule has 2 N–H and O–H groups in total. The second kappa shape index (κ2) is 7.71. The van der Waals surface area contributed by atoms with E-state index in [1.165, 1.54) is 0 Å². The Labute approximate surface area is 103 Å². The molecule has 0 aliphatic rings. The van der Waals surface area contributed by atoms with Crippen molar-refractivity contribution in [2.75, 3.05) is 19.6 Å². The fourth-order valence-corrected chi connectivity index (χ4v) is 1.55. The lowest BCUT2D eigenvalue weighted by atomic mass is 10.2. The van der Waals surface area contributed by atoms with Crippen LogP contribution in [0.5, 0.6) is 0 Å². The summed E-state index contributed by atoms with van der Waals surface area (Å²) >= 11 is 5.67. The van der Waals surface area contributed by atoms with E-state index in [2.05, 4.69) is 24.5 Å². The first-order chi connectivity index (χ1) is 7.68. The first kappa shape index (κ1) is 13.6. The summed E-state index contributed by atoms with van der Waals surface area (Å²) < 4.78 is 5.23. The van der Waals surface area contributed by atoms with Crippen LogP contribution in [0, 0.1) is 5.92 Å². The second-order valence-electron chi connectivity index (χ2n) is 4.33. The van der Waals surface area contributed by atoms with Crippen molar-refractivity contribution in [3.63, 3.8) is 0 Å². The minimum absolute atomic E-state index is 0.454. The van der Waals surface area contributed by atoms with E-state index in [0.717, 1.165) is 44.3 Å². The quantitative estimate of drug-likeness (QED) is 0.691. The molecule has 0 atom stereocenters. The molecule has 3 nitrogen and oxygen atoms in total. The van der Waals surface area contributed by atoms with Gasteiger partial charge in [-0.2, -0.15) is 0 Å². The monoisotopic (exact) mass is 244 g/mol. The van der Waals surface area contributed by atoms with Crippen LogP contribution in [0.15, 0.2) is 16.5 Å². The van der Waals surface area contributed by atoms with Crippen molar-refractivity contribution in [2.24, 2.45) is 5.92 Å². The number of rotatable bonds is 8. The highest BCUT2D eigenvalue weighted by atomic mass is 35.5. The lowest BCUT2D eigenvalue weighted by molar-refractivity contribution is 0.476. The topological polar surface area (TPSA) is 37.2 Å². The third kappa shape index (κ3) is 6.16. The standard InChI is InChI=1S/C12H21ClN2O/c1-10(2)8-14-6-3-7-15-9-11-4-5-12(13)16-11/h4-5,10,14-15H,3,6-9H2,1-2H3. The fourth-order valence-electron chi connectivity index (χ4n) is 1.39. The van der Waals surface area contributed by atoms with Gasteiger partial charge in [0.15, 0.2) is 5.22 Å². The van der Waals surface area contributed by atoms with Crippen LogP contribution in [0.4, 0.5) is 0 Å². The highest BCUT2D eigenvalue weighted by molar-refractivity contribution is 6.28. The minimum atomic E-state index is 0.454. The molecular formula is C12H21ClN2O. The van der Waals surface area contributed by atoms with Gasteiger partial charge < -0.3 is 15.1 Å². The Balaban J connectivity index is 1.92. The largest absolute Gasteiger partial charge is 0.448 e. The molecule has 1 aromatic heterocycles. The lowest BCUT2D eigenvalue weighted by Crippen LogP contribution is -2.24. The van der Waals surface area contributed by atoms with E-state index in [1.54, 1.807) is 6.07 Å². The van der Waals surface area contributed by atoms with Gasteiger partial charge in [0.05, 0.1) is 6.54 Å². The molecule has 0 spiro atoms. The predicted octanol–water partition coefficient (Wildman–Crippen LogP) is 2.66. The van der Waals surface area contributed by atoms with E-state index in [0.29, 0.717) is 5.22 Å². The van der Waals surface area contributed by atoms with Crippen LogP contribution in [0.25, 0.3) is 0 Å². The van der Waals surface area contributed by atoms with Crippen molar-refractivity contribution in [1.29, 1.82) is 0 Å². The molecule has 0 amide bonds. The minimum Gasteiger partial charge on any atom is -0.448 e. The molecule has 16 heavy (non-hydrogen) atoms. The zero-order valence-corrected chi connectivity index (χ0v) is 10.8. The summed E-state index contributed by atoms with van der Waals surface area (Å²) in [5.74, 6) is 1.61. The molecule has 0 bridgehead atoms. The molecule has 0 aromatic carbocycles. The Morgan fingerprint density at radius 2 is 2.00 bits per heavy atom. The van der Waals surface area contributed by atoms with Crippen LogP contribution in [-0.4, -0.2) is 19.6 Å². The summed E-state index contributed by atoms with van der Waals surface area (Å²) in [5.41, 5.74) is 0. The second-order valence-corrected chi connectivity index (χ2v) is 4.71. The molecular weight excluding hydrogens is 224 g/mol. The van der Waals surface area contributed by atoms with Gasteiger partial charge in [0.2, 0.25) is 0 Å². The molecule has 1 rings (SSSR count). The average molecular weight is 245 g/mol. The fraction of sp³-hybridized carbons (Fsp3) is 0.667. The summed E-state index contributed by atoms with van der Waals surface area (Å²) in [6.07, 6.45) is 1.13. The van der Waals surface area contributed by atoms with E-state index >= 15 is 0 Å². The number of nitrogens with one attached hydrogen (secondary N) is 2. The SMILES string of the molecule is CC(C)CNCCCNCc1ccc(Cl)o1. The van der Waals surface area contributed by atoms with Gasteiger partial charge in [-0.3, -0.25) is 0 Å². The first-order valence-electron chi connectivity index (χ1n) is 5.84. The van der Waals surface area contributed by atoms with Gasteiger partial charge in [0.25, 0.3) is 0 Å². The van der Waals surface area contributed by atoms with Gasteiger partial charge in [0, 0.05) is 0 Å². The number of hydrogen-bond donors (Lipinski definition) is 2. The van der Waals surface area contributed by atoms with E-state index in [4.69, 9.17) is 16.0 Å². The summed E-state index contributed by atoms with van der Waals surface area (Å²) in [5, 5.41) is 7.17. The van der Waals surface area contributed by atoms with Gasteiger partial charge >= 0.3 is 0 Å². The van der Waals surface area contributed by atoms with Crippen molar-refractivity contribution in [2.45, 2.75) is 26.8 Å². The van der Waals surface area contributed by atoms with Crippen LogP contribution in [0.3, 0.4) is 0 Å². The Bertz CT molecular complexity index is 286. The van der Waals surface area contributed by atoms with Crippen molar-refractivity contribution < 1.29 is 4.42 Å². The zero-order valence-electron chi connectivity index (χ0n) is 10.1. The molecule has 0 unspecified atom stereocenters. The van der Waals surface area contributed by atoms with Gasteiger partial charge in [-0.25, -0.2) is 0 Å². The predicted molar refractivity (Wildman–Crippen MR) is 67.7 cm³/mol. The molecule has 0 saturated carbocycles. The summed E-state index contributed by atoms with van der Waals surface area (Å²) in [7, 11) is 0. The molecule has 0 aliphatic carbocycles. The average Bonchev–Trinajstić information content (AvgIpc) is 2.62. The van der Waals surface area contributed by atoms with Crippen molar-refractivity contribution in [3.8, 4) is 0 Å². The zero-order chi connectivity index (χ0) is 11.8. The van der Waals surface area contributed by atoms with Gasteiger partial charge in [0.1, 0.15) is 5.76 Å². The molecule has 0 aliphatic heterocycles. The molecule has 1 aromatic rings. The van der Waals surface area contributed by atoms with Crippen LogP contribution in [0.1, 0.15) is 26.0 Å². The summed E-state index contributed by atoms with van der Waals surface area (Å²) in [4.78, 5) is 0. The number of halogens is 1. The van der Waals surface area contributed by atoms with E-state index in [1.807, 2.05) is 6.07 Å². The van der Waals surface area contributed by atoms with Gasteiger partial charge in [-0.05, 0) is 55.7 Å². The van der Waals surface area contributed by atoms with Gasteiger partial charge in [-0.15, -0.1) is 0 Å². The maximum Gasteiger partial charge on any atom is 0.193 e. The highest BCUT2D eigenvalue weighted by Gasteiger charge is 1.98. The Kier molecular flexibility index (Phi) is 6.53. The molecule has 92 valence electrons. The maximum absolute atomic E-state index is 5.67. The van der Waals surface area contributed by atoms with Crippen molar-refractivity contribution >= 4 is 11.6 Å². The van der Waals surface area contributed by atoms with Crippen LogP contribution >= 0.6 is 11.6 Å². The van der Waals surface area contributed by atoms with Crippen LogP contribution in [-0.2, 0) is 6.54 Å². The summed E-state index contributed by atoms with van der Waals surface area (Å²) in [6.45, 7) is 8.32. The van der Waals surface area contributed by atoms with E-state index in [-0.39, 0.29) is 0 Å². The normalized spacial score (nSPS) is 11.2. The van der Waals surface area contributed by atoms with E-state index < -0.39 is 0 Å². The van der Waals surface area contributed by atoms with Crippen molar-refractivity contribution in [1.82, 2.24) is 10.6 Å². The van der Waals surface area contributed by atoms with Crippen LogP contribution < -0.4 is 10.6 Å². The Morgan fingerprint density at radius 1 is 1.25 bits per heavy atom. The smallest absolute Gasteiger partial charge is 0.193 e. The maximum atomic E-state index is 5.67. The molecule has 0 fully saturated rings. The summed E-state index contributed by atoms with van der Waals surface area (Å²) in [6, 6.07) is 3.66. The molecule has 1 heterocycles. The third-order valence-electron chi connectivity index (χ3n) is 2.19. The van der Waals surface area contributed by atoms with Gasteiger partial charge in [-0.1, -0.05) is 13.8 Å². The Hall–Kier alpha value is -0.510. The molecule has 0 radical (unpaired) electrons. The lowest BCUT2D eigenvalue weighted by Gasteiger charge is -2.07. The number of furan rings is 1. The van der Waals surface area contributed by atoms with E-state index in [9.17, 15) is 0 Å². The third-order valence-corrected chi connectivity index (χ3v) is 2.39.